The number of carbonyl (C=O) groups excluding carboxylic acids is 2. The number of fused-ring (bicyclic) bond motifs is 1. The van der Waals surface area contributed by atoms with Gasteiger partial charge in [-0.05, 0) is 29.0 Å². The summed E-state index contributed by atoms with van der Waals surface area (Å²) in [7, 11) is 1.26. The van der Waals surface area contributed by atoms with E-state index < -0.39 is 17.5 Å². The van der Waals surface area contributed by atoms with Gasteiger partial charge in [0.1, 0.15) is 4.88 Å². The van der Waals surface area contributed by atoms with E-state index >= 15 is 0 Å². The van der Waals surface area contributed by atoms with Crippen molar-refractivity contribution in [1.82, 2.24) is 0 Å². The highest BCUT2D eigenvalue weighted by Crippen LogP contribution is 2.24. The number of anilines is 1. The molecule has 0 saturated carbocycles. The van der Waals surface area contributed by atoms with Crippen LogP contribution < -0.4 is 10.9 Å². The van der Waals surface area contributed by atoms with Crippen molar-refractivity contribution in [3.05, 3.63) is 62.8 Å². The average molecular weight is 329 g/mol. The minimum absolute atomic E-state index is 0.129. The van der Waals surface area contributed by atoms with Crippen LogP contribution in [0.1, 0.15) is 20.2 Å². The van der Waals surface area contributed by atoms with Gasteiger partial charge < -0.3 is 14.5 Å². The minimum atomic E-state index is -0.614. The maximum absolute atomic E-state index is 12.3. The highest BCUT2D eigenvalue weighted by Gasteiger charge is 2.18. The van der Waals surface area contributed by atoms with Gasteiger partial charge in [0.2, 0.25) is 0 Å². The molecular formula is C16H11NO5S. The first-order valence-electron chi connectivity index (χ1n) is 6.60. The van der Waals surface area contributed by atoms with Crippen LogP contribution >= 0.6 is 11.3 Å². The van der Waals surface area contributed by atoms with Crippen molar-refractivity contribution in [2.45, 2.75) is 0 Å². The zero-order chi connectivity index (χ0) is 16.4. The second-order valence-electron chi connectivity index (χ2n) is 4.59. The van der Waals surface area contributed by atoms with Gasteiger partial charge in [-0.1, -0.05) is 18.2 Å². The zero-order valence-corrected chi connectivity index (χ0v) is 12.8. The van der Waals surface area contributed by atoms with E-state index in [1.807, 2.05) is 0 Å². The topological polar surface area (TPSA) is 85.6 Å². The Morgan fingerprint density at radius 1 is 1.22 bits per heavy atom. The number of nitrogens with one attached hydrogen (secondary N) is 1. The first kappa shape index (κ1) is 15.0. The van der Waals surface area contributed by atoms with E-state index in [1.165, 1.54) is 13.2 Å². The van der Waals surface area contributed by atoms with Gasteiger partial charge in [-0.15, -0.1) is 11.3 Å². The van der Waals surface area contributed by atoms with Crippen LogP contribution in [0.25, 0.3) is 10.8 Å². The summed E-state index contributed by atoms with van der Waals surface area (Å²) in [6.45, 7) is 0. The summed E-state index contributed by atoms with van der Waals surface area (Å²) in [5, 5.41) is 5.21. The maximum Gasteiger partial charge on any atom is 0.350 e. The SMILES string of the molecule is COC(=O)c1sccc1NC(=O)c1cc2ccccc2c(=O)o1. The fraction of sp³-hybridized carbons (Fsp3) is 0.0625. The second-order valence-corrected chi connectivity index (χ2v) is 5.51. The number of thiophene rings is 1. The molecule has 2 aromatic heterocycles. The molecule has 7 heteroatoms. The normalized spacial score (nSPS) is 10.5. The Bertz CT molecular complexity index is 956. The molecule has 1 aromatic carbocycles. The second kappa shape index (κ2) is 6.05. The molecule has 0 radical (unpaired) electrons. The number of carbonyl (C=O) groups is 2. The number of ether oxygens (including phenoxy) is 1. The molecule has 1 N–H and O–H groups in total. The molecule has 0 spiro atoms. The lowest BCUT2D eigenvalue weighted by atomic mass is 10.1. The first-order chi connectivity index (χ1) is 11.1. The Hall–Kier alpha value is -2.93. The van der Waals surface area contributed by atoms with Crippen molar-refractivity contribution < 1.29 is 18.7 Å². The molecule has 3 rings (SSSR count). The van der Waals surface area contributed by atoms with Crippen molar-refractivity contribution in [1.29, 1.82) is 0 Å². The van der Waals surface area contributed by atoms with Crippen LogP contribution in [0.5, 0.6) is 0 Å². The third-order valence-electron chi connectivity index (χ3n) is 3.18. The molecule has 0 aliphatic carbocycles. The number of amides is 1. The Labute approximate surface area is 134 Å². The van der Waals surface area contributed by atoms with Crippen molar-refractivity contribution in [3.8, 4) is 0 Å². The third kappa shape index (κ3) is 2.86. The van der Waals surface area contributed by atoms with Crippen LogP contribution in [0.2, 0.25) is 0 Å². The minimum Gasteiger partial charge on any atom is -0.465 e. The molecule has 23 heavy (non-hydrogen) atoms. The van der Waals surface area contributed by atoms with Crippen LogP contribution in [0.4, 0.5) is 5.69 Å². The van der Waals surface area contributed by atoms with E-state index in [1.54, 1.807) is 35.7 Å². The highest BCUT2D eigenvalue weighted by atomic mass is 32.1. The molecule has 0 unspecified atom stereocenters. The van der Waals surface area contributed by atoms with Gasteiger partial charge in [0, 0.05) is 0 Å². The summed E-state index contributed by atoms with van der Waals surface area (Å²) >= 11 is 1.14. The highest BCUT2D eigenvalue weighted by molar-refractivity contribution is 7.12. The fourth-order valence-corrected chi connectivity index (χ4v) is 2.85. The fourth-order valence-electron chi connectivity index (χ4n) is 2.09. The average Bonchev–Trinajstić information content (AvgIpc) is 3.02. The van der Waals surface area contributed by atoms with Crippen molar-refractivity contribution >= 4 is 39.7 Å². The molecule has 0 aliphatic heterocycles. The number of hydrogen-bond acceptors (Lipinski definition) is 6. The Morgan fingerprint density at radius 2 is 2.00 bits per heavy atom. The van der Waals surface area contributed by atoms with Gasteiger partial charge in [-0.2, -0.15) is 0 Å². The van der Waals surface area contributed by atoms with Gasteiger partial charge in [-0.25, -0.2) is 9.59 Å². The predicted octanol–water partition coefficient (Wildman–Crippen LogP) is 2.89. The Balaban J connectivity index is 1.94. The molecule has 3 aromatic rings. The molecule has 2 heterocycles. The molecule has 0 fully saturated rings. The van der Waals surface area contributed by atoms with Gasteiger partial charge in [0.05, 0.1) is 18.2 Å². The molecule has 116 valence electrons. The summed E-state index contributed by atoms with van der Waals surface area (Å²) in [4.78, 5) is 36.1. The smallest absolute Gasteiger partial charge is 0.350 e. The molecule has 1 amide bonds. The van der Waals surface area contributed by atoms with E-state index in [-0.39, 0.29) is 10.6 Å². The lowest BCUT2D eigenvalue weighted by Gasteiger charge is -2.05. The van der Waals surface area contributed by atoms with Crippen LogP contribution in [0, 0.1) is 0 Å². The van der Waals surface area contributed by atoms with Gasteiger partial charge >= 0.3 is 11.6 Å². The number of rotatable bonds is 3. The zero-order valence-electron chi connectivity index (χ0n) is 12.0. The Kier molecular flexibility index (Phi) is 3.94. The number of methoxy groups -OCH3 is 1. The monoisotopic (exact) mass is 329 g/mol. The lowest BCUT2D eigenvalue weighted by Crippen LogP contribution is -2.16. The van der Waals surface area contributed by atoms with Crippen LogP contribution in [0.15, 0.2) is 51.0 Å². The van der Waals surface area contributed by atoms with Crippen molar-refractivity contribution in [2.75, 3.05) is 12.4 Å². The molecule has 0 bridgehead atoms. The van der Waals surface area contributed by atoms with E-state index in [4.69, 9.17) is 4.42 Å². The summed E-state index contributed by atoms with van der Waals surface area (Å²) < 4.78 is 9.69. The maximum atomic E-state index is 12.3. The van der Waals surface area contributed by atoms with E-state index in [0.717, 1.165) is 11.3 Å². The third-order valence-corrected chi connectivity index (χ3v) is 4.07. The summed E-state index contributed by atoms with van der Waals surface area (Å²) in [5.41, 5.74) is -0.283. The van der Waals surface area contributed by atoms with Gasteiger partial charge in [0.15, 0.2) is 5.76 Å². The van der Waals surface area contributed by atoms with Crippen LogP contribution in [0.3, 0.4) is 0 Å². The molecular weight excluding hydrogens is 318 g/mol. The quantitative estimate of drug-likeness (QED) is 0.747. The van der Waals surface area contributed by atoms with Gasteiger partial charge in [-0.3, -0.25) is 4.79 Å². The Morgan fingerprint density at radius 3 is 2.78 bits per heavy atom. The van der Waals surface area contributed by atoms with E-state index in [9.17, 15) is 14.4 Å². The van der Waals surface area contributed by atoms with Crippen molar-refractivity contribution in [2.24, 2.45) is 0 Å². The lowest BCUT2D eigenvalue weighted by molar-refractivity contribution is 0.0607. The predicted molar refractivity (Wildman–Crippen MR) is 86.1 cm³/mol. The number of hydrogen-bond donors (Lipinski definition) is 1. The number of benzene rings is 1. The molecule has 0 atom stereocenters. The van der Waals surface area contributed by atoms with E-state index in [2.05, 4.69) is 10.1 Å². The van der Waals surface area contributed by atoms with Crippen molar-refractivity contribution in [3.63, 3.8) is 0 Å². The van der Waals surface area contributed by atoms with Crippen LogP contribution in [-0.2, 0) is 4.74 Å². The van der Waals surface area contributed by atoms with Gasteiger partial charge in [0.25, 0.3) is 5.91 Å². The molecule has 0 saturated heterocycles. The number of esters is 1. The molecule has 6 nitrogen and oxygen atoms in total. The molecule has 0 aliphatic rings. The standard InChI is InChI=1S/C16H11NO5S/c1-21-16(20)13-11(6-7-23-13)17-14(18)12-8-9-4-2-3-5-10(9)15(19)22-12/h2-8H,1H3,(H,17,18). The van der Waals surface area contributed by atoms with E-state index in [0.29, 0.717) is 16.5 Å². The largest absolute Gasteiger partial charge is 0.465 e. The summed E-state index contributed by atoms with van der Waals surface area (Å²) in [6, 6.07) is 9.87. The summed E-state index contributed by atoms with van der Waals surface area (Å²) in [5.74, 6) is -1.29. The summed E-state index contributed by atoms with van der Waals surface area (Å²) in [6.07, 6.45) is 0. The van der Waals surface area contributed by atoms with Crippen LogP contribution in [-0.4, -0.2) is 19.0 Å². The first-order valence-corrected chi connectivity index (χ1v) is 7.48.